The normalized spacial score (nSPS) is 30.6. The van der Waals surface area contributed by atoms with Crippen LogP contribution >= 0.6 is 0 Å². The maximum atomic E-state index is 13.2. The predicted octanol–water partition coefficient (Wildman–Crippen LogP) is 2.78. The van der Waals surface area contributed by atoms with E-state index in [0.29, 0.717) is 13.1 Å². The van der Waals surface area contributed by atoms with Gasteiger partial charge >= 0.3 is 0 Å². The van der Waals surface area contributed by atoms with Crippen LogP contribution in [0.4, 0.5) is 8.78 Å². The Kier molecular flexibility index (Phi) is 5.07. The van der Waals surface area contributed by atoms with Crippen LogP contribution < -0.4 is 0 Å². The Labute approximate surface area is 149 Å². The Bertz CT molecular complexity index is 541. The van der Waals surface area contributed by atoms with E-state index in [2.05, 4.69) is 45.0 Å². The summed E-state index contributed by atoms with van der Waals surface area (Å²) >= 11 is 0. The second-order valence-electron chi connectivity index (χ2n) is 8.16. The van der Waals surface area contributed by atoms with Crippen LogP contribution in [0.5, 0.6) is 0 Å². The Balaban J connectivity index is 1.18. The third-order valence-electron chi connectivity index (χ3n) is 6.21. The number of alkyl halides is 2. The SMILES string of the molecule is FC1(F)CCN(CCN2C[C@@H]3CN(Cc4ccccc4)C[C@@H]3C2)CC1. The molecule has 3 heterocycles. The van der Waals surface area contributed by atoms with Gasteiger partial charge in [-0.15, -0.1) is 0 Å². The molecule has 0 bridgehead atoms. The molecule has 138 valence electrons. The summed E-state index contributed by atoms with van der Waals surface area (Å²) in [6.07, 6.45) is 0.0688. The zero-order chi connectivity index (χ0) is 17.3. The second kappa shape index (κ2) is 7.29. The average molecular weight is 349 g/mol. The zero-order valence-electron chi connectivity index (χ0n) is 14.9. The quantitative estimate of drug-likeness (QED) is 0.809. The minimum Gasteiger partial charge on any atom is -0.302 e. The summed E-state index contributed by atoms with van der Waals surface area (Å²) in [6.45, 7) is 8.92. The Morgan fingerprint density at radius 3 is 2.00 bits per heavy atom. The minimum absolute atomic E-state index is 0.0344. The lowest BCUT2D eigenvalue weighted by atomic mass is 10.0. The summed E-state index contributed by atoms with van der Waals surface area (Å²) in [5, 5.41) is 0. The monoisotopic (exact) mass is 349 g/mol. The number of halogens is 2. The van der Waals surface area contributed by atoms with Crippen LogP contribution in [-0.4, -0.2) is 73.0 Å². The molecule has 1 aromatic carbocycles. The fraction of sp³-hybridized carbons (Fsp3) is 0.700. The van der Waals surface area contributed by atoms with E-state index in [0.717, 1.165) is 31.5 Å². The summed E-state index contributed by atoms with van der Waals surface area (Å²) in [5.41, 5.74) is 1.40. The molecule has 5 heteroatoms. The summed E-state index contributed by atoms with van der Waals surface area (Å²) in [4.78, 5) is 7.36. The van der Waals surface area contributed by atoms with Gasteiger partial charge in [0.25, 0.3) is 5.92 Å². The molecular formula is C20H29F2N3. The van der Waals surface area contributed by atoms with Gasteiger partial charge in [0.05, 0.1) is 0 Å². The summed E-state index contributed by atoms with van der Waals surface area (Å²) in [5.74, 6) is -0.854. The van der Waals surface area contributed by atoms with Gasteiger partial charge in [-0.05, 0) is 17.4 Å². The predicted molar refractivity (Wildman–Crippen MR) is 95.8 cm³/mol. The lowest BCUT2D eigenvalue weighted by Crippen LogP contribution is -2.43. The van der Waals surface area contributed by atoms with Crippen molar-refractivity contribution in [1.82, 2.24) is 14.7 Å². The highest BCUT2D eigenvalue weighted by molar-refractivity contribution is 5.15. The van der Waals surface area contributed by atoms with Gasteiger partial charge in [0.2, 0.25) is 0 Å². The lowest BCUT2D eigenvalue weighted by molar-refractivity contribution is -0.0558. The van der Waals surface area contributed by atoms with E-state index in [1.165, 1.54) is 31.7 Å². The van der Waals surface area contributed by atoms with Crippen LogP contribution in [0.3, 0.4) is 0 Å². The molecule has 2 atom stereocenters. The van der Waals surface area contributed by atoms with Crippen molar-refractivity contribution in [3.8, 4) is 0 Å². The topological polar surface area (TPSA) is 9.72 Å². The number of likely N-dealkylation sites (tertiary alicyclic amines) is 3. The molecule has 0 aromatic heterocycles. The van der Waals surface area contributed by atoms with Crippen molar-refractivity contribution < 1.29 is 8.78 Å². The highest BCUT2D eigenvalue weighted by atomic mass is 19.3. The molecule has 0 saturated carbocycles. The smallest absolute Gasteiger partial charge is 0.250 e. The number of nitrogens with zero attached hydrogens (tertiary/aromatic N) is 3. The van der Waals surface area contributed by atoms with Gasteiger partial charge in [0.15, 0.2) is 0 Å². The highest BCUT2D eigenvalue weighted by Gasteiger charge is 2.40. The van der Waals surface area contributed by atoms with Gasteiger partial charge in [0.1, 0.15) is 0 Å². The van der Waals surface area contributed by atoms with E-state index < -0.39 is 5.92 Å². The first kappa shape index (κ1) is 17.4. The van der Waals surface area contributed by atoms with E-state index in [1.54, 1.807) is 0 Å². The van der Waals surface area contributed by atoms with Crippen molar-refractivity contribution in [3.63, 3.8) is 0 Å². The van der Waals surface area contributed by atoms with Crippen LogP contribution in [0.1, 0.15) is 18.4 Å². The molecular weight excluding hydrogens is 320 g/mol. The zero-order valence-corrected chi connectivity index (χ0v) is 14.9. The van der Waals surface area contributed by atoms with Gasteiger partial charge in [-0.3, -0.25) is 4.90 Å². The van der Waals surface area contributed by atoms with Crippen LogP contribution in [0.2, 0.25) is 0 Å². The summed E-state index contributed by atoms with van der Waals surface area (Å²) in [7, 11) is 0. The average Bonchev–Trinajstić information content (AvgIpc) is 3.13. The van der Waals surface area contributed by atoms with Crippen molar-refractivity contribution in [1.29, 1.82) is 0 Å². The molecule has 0 N–H and O–H groups in total. The molecule has 4 rings (SSSR count). The highest BCUT2D eigenvalue weighted by Crippen LogP contribution is 2.32. The van der Waals surface area contributed by atoms with Gasteiger partial charge < -0.3 is 9.80 Å². The standard InChI is InChI=1S/C20H29F2N3/c21-20(22)6-8-23(9-7-20)10-11-24-13-18-15-25(16-19(18)14-24)12-17-4-2-1-3-5-17/h1-5,18-19H,6-16H2/t18-,19+. The minimum atomic E-state index is -2.43. The Morgan fingerprint density at radius 2 is 1.36 bits per heavy atom. The number of fused-ring (bicyclic) bond motifs is 1. The molecule has 0 spiro atoms. The van der Waals surface area contributed by atoms with Crippen LogP contribution in [0, 0.1) is 11.8 Å². The number of hydrogen-bond donors (Lipinski definition) is 0. The molecule has 0 amide bonds. The lowest BCUT2D eigenvalue weighted by Gasteiger charge is -2.33. The molecule has 3 nitrogen and oxygen atoms in total. The van der Waals surface area contributed by atoms with Crippen LogP contribution in [0.15, 0.2) is 30.3 Å². The first-order chi connectivity index (χ1) is 12.1. The third kappa shape index (κ3) is 4.39. The second-order valence-corrected chi connectivity index (χ2v) is 8.16. The van der Waals surface area contributed by atoms with E-state index in [-0.39, 0.29) is 12.8 Å². The molecule has 0 aliphatic carbocycles. The van der Waals surface area contributed by atoms with Crippen LogP contribution in [0.25, 0.3) is 0 Å². The molecule has 1 aromatic rings. The number of piperidine rings is 1. The first-order valence-electron chi connectivity index (χ1n) is 9.66. The van der Waals surface area contributed by atoms with E-state index in [1.807, 2.05) is 0 Å². The molecule has 3 saturated heterocycles. The van der Waals surface area contributed by atoms with E-state index >= 15 is 0 Å². The van der Waals surface area contributed by atoms with Crippen molar-refractivity contribution in [2.45, 2.75) is 25.3 Å². The van der Waals surface area contributed by atoms with Gasteiger partial charge in [-0.25, -0.2) is 8.78 Å². The van der Waals surface area contributed by atoms with Crippen molar-refractivity contribution in [3.05, 3.63) is 35.9 Å². The molecule has 0 unspecified atom stereocenters. The van der Waals surface area contributed by atoms with Crippen molar-refractivity contribution in [2.24, 2.45) is 11.8 Å². The van der Waals surface area contributed by atoms with Crippen molar-refractivity contribution in [2.75, 3.05) is 52.4 Å². The molecule has 3 fully saturated rings. The fourth-order valence-electron chi connectivity index (χ4n) is 4.73. The third-order valence-corrected chi connectivity index (χ3v) is 6.21. The Hall–Kier alpha value is -1.04. The van der Waals surface area contributed by atoms with Gasteiger partial charge in [-0.1, -0.05) is 30.3 Å². The number of hydrogen-bond acceptors (Lipinski definition) is 3. The molecule has 3 aliphatic heterocycles. The maximum absolute atomic E-state index is 13.2. The summed E-state index contributed by atoms with van der Waals surface area (Å²) in [6, 6.07) is 10.7. The number of benzene rings is 1. The first-order valence-corrected chi connectivity index (χ1v) is 9.66. The van der Waals surface area contributed by atoms with Gasteiger partial charge in [-0.2, -0.15) is 0 Å². The van der Waals surface area contributed by atoms with Crippen molar-refractivity contribution >= 4 is 0 Å². The largest absolute Gasteiger partial charge is 0.302 e. The molecule has 0 radical (unpaired) electrons. The van der Waals surface area contributed by atoms with E-state index in [9.17, 15) is 8.78 Å². The fourth-order valence-corrected chi connectivity index (χ4v) is 4.73. The van der Waals surface area contributed by atoms with Gasteiger partial charge in [0, 0.05) is 71.7 Å². The summed E-state index contributed by atoms with van der Waals surface area (Å²) < 4.78 is 26.5. The van der Waals surface area contributed by atoms with E-state index in [4.69, 9.17) is 0 Å². The number of rotatable bonds is 5. The maximum Gasteiger partial charge on any atom is 0.250 e. The molecule has 25 heavy (non-hydrogen) atoms. The molecule has 3 aliphatic rings. The van der Waals surface area contributed by atoms with Crippen LogP contribution in [-0.2, 0) is 6.54 Å². The Morgan fingerprint density at radius 1 is 0.800 bits per heavy atom.